The number of rotatable bonds is 1. The average Bonchev–Trinajstić information content (AvgIpc) is 2.18. The van der Waals surface area contributed by atoms with Gasteiger partial charge in [-0.2, -0.15) is 0 Å². The van der Waals surface area contributed by atoms with Gasteiger partial charge >= 0.3 is 0 Å². The molecule has 2 aromatic rings. The van der Waals surface area contributed by atoms with Crippen LogP contribution in [0, 0.1) is 13.8 Å². The van der Waals surface area contributed by atoms with Crippen molar-refractivity contribution in [3.63, 3.8) is 0 Å². The molecule has 0 aromatic heterocycles. The second-order valence-electron chi connectivity index (χ2n) is 3.33. The predicted octanol–water partition coefficient (Wildman–Crippen LogP) is 3.52. The van der Waals surface area contributed by atoms with Crippen molar-refractivity contribution in [3.05, 3.63) is 54.4 Å². The normalized spacial score (nSPS) is 10.6. The number of aryl methyl sites for hydroxylation is 1. The topological polar surface area (TPSA) is 0 Å². The first-order chi connectivity index (χ1) is 6.33. The van der Waals surface area contributed by atoms with Crippen LogP contribution in [0.4, 0.5) is 0 Å². The Hall–Kier alpha value is -1.30. The van der Waals surface area contributed by atoms with Gasteiger partial charge in [0.1, 0.15) is 0 Å². The van der Waals surface area contributed by atoms with Crippen LogP contribution in [0.5, 0.6) is 0 Å². The van der Waals surface area contributed by atoms with Gasteiger partial charge in [-0.15, -0.1) is 0 Å². The summed E-state index contributed by atoms with van der Waals surface area (Å²) in [7, 11) is 0. The van der Waals surface area contributed by atoms with Gasteiger partial charge in [-0.25, -0.2) is 0 Å². The summed E-state index contributed by atoms with van der Waals surface area (Å²) >= 11 is 0. The zero-order valence-electron chi connectivity index (χ0n) is 7.88. The molecule has 2 aromatic carbocycles. The highest BCUT2D eigenvalue weighted by molar-refractivity contribution is 5.86. The highest BCUT2D eigenvalue weighted by Crippen LogP contribution is 2.21. The van der Waals surface area contributed by atoms with E-state index in [0.29, 0.717) is 0 Å². The van der Waals surface area contributed by atoms with E-state index in [1.807, 2.05) is 0 Å². The largest absolute Gasteiger partial charge is 0.0616 e. The van der Waals surface area contributed by atoms with Gasteiger partial charge in [-0.05, 0) is 42.2 Å². The van der Waals surface area contributed by atoms with Gasteiger partial charge < -0.3 is 0 Å². The Morgan fingerprint density at radius 3 is 2.62 bits per heavy atom. The Morgan fingerprint density at radius 1 is 1.08 bits per heavy atom. The molecule has 0 heterocycles. The Kier molecular flexibility index (Phi) is 2.05. The lowest BCUT2D eigenvalue weighted by molar-refractivity contribution is 1.24. The van der Waals surface area contributed by atoms with E-state index < -0.39 is 0 Å². The Bertz CT molecular complexity index is 427. The van der Waals surface area contributed by atoms with Crippen molar-refractivity contribution >= 4 is 10.8 Å². The zero-order chi connectivity index (χ0) is 9.26. The third-order valence-electron chi connectivity index (χ3n) is 2.52. The van der Waals surface area contributed by atoms with Crippen LogP contribution < -0.4 is 0 Å². The fourth-order valence-corrected chi connectivity index (χ4v) is 1.78. The molecule has 0 nitrogen and oxygen atoms in total. The Balaban J connectivity index is 2.84. The SMILES string of the molecule is [CH2]Cc1c(C)ccc2ccccc12. The first kappa shape index (κ1) is 8.31. The van der Waals surface area contributed by atoms with Crippen LogP contribution in [-0.2, 0) is 6.42 Å². The fraction of sp³-hybridized carbons (Fsp3) is 0.154. The van der Waals surface area contributed by atoms with Crippen LogP contribution in [0.2, 0.25) is 0 Å². The first-order valence-corrected chi connectivity index (χ1v) is 4.59. The second kappa shape index (κ2) is 3.21. The minimum absolute atomic E-state index is 0.868. The third kappa shape index (κ3) is 1.33. The van der Waals surface area contributed by atoms with Crippen molar-refractivity contribution in [3.8, 4) is 0 Å². The lowest BCUT2D eigenvalue weighted by Gasteiger charge is -2.07. The molecule has 0 aliphatic carbocycles. The average molecular weight is 169 g/mol. The molecular weight excluding hydrogens is 156 g/mol. The number of hydrogen-bond donors (Lipinski definition) is 0. The van der Waals surface area contributed by atoms with E-state index in [1.165, 1.54) is 21.9 Å². The Labute approximate surface area is 79.2 Å². The smallest absolute Gasteiger partial charge is 0.0149 e. The molecule has 0 bridgehead atoms. The molecule has 0 heteroatoms. The minimum atomic E-state index is 0.868. The fourth-order valence-electron chi connectivity index (χ4n) is 1.78. The summed E-state index contributed by atoms with van der Waals surface area (Å²) in [6.45, 7) is 6.11. The van der Waals surface area contributed by atoms with Crippen molar-refractivity contribution in [1.29, 1.82) is 0 Å². The van der Waals surface area contributed by atoms with Crippen molar-refractivity contribution in [2.45, 2.75) is 13.3 Å². The third-order valence-corrected chi connectivity index (χ3v) is 2.52. The summed E-state index contributed by atoms with van der Waals surface area (Å²) < 4.78 is 0. The van der Waals surface area contributed by atoms with Crippen molar-refractivity contribution in [2.75, 3.05) is 0 Å². The number of benzene rings is 2. The molecule has 1 radical (unpaired) electrons. The molecule has 65 valence electrons. The lowest BCUT2D eigenvalue weighted by atomic mass is 9.98. The molecule has 0 saturated heterocycles. The van der Waals surface area contributed by atoms with Crippen LogP contribution in [-0.4, -0.2) is 0 Å². The highest BCUT2D eigenvalue weighted by Gasteiger charge is 2.00. The Morgan fingerprint density at radius 2 is 1.85 bits per heavy atom. The van der Waals surface area contributed by atoms with Crippen molar-refractivity contribution in [2.24, 2.45) is 0 Å². The van der Waals surface area contributed by atoms with Gasteiger partial charge in [-0.1, -0.05) is 36.4 Å². The van der Waals surface area contributed by atoms with E-state index in [1.54, 1.807) is 0 Å². The molecule has 0 atom stereocenters. The lowest BCUT2D eigenvalue weighted by Crippen LogP contribution is -1.88. The number of hydrogen-bond acceptors (Lipinski definition) is 0. The van der Waals surface area contributed by atoms with Gasteiger partial charge in [0.25, 0.3) is 0 Å². The molecule has 0 saturated carbocycles. The van der Waals surface area contributed by atoms with Crippen LogP contribution in [0.3, 0.4) is 0 Å². The molecule has 2 rings (SSSR count). The summed E-state index contributed by atoms with van der Waals surface area (Å²) in [4.78, 5) is 0. The molecular formula is C13H13. The monoisotopic (exact) mass is 169 g/mol. The molecule has 0 aliphatic rings. The van der Waals surface area contributed by atoms with Gasteiger partial charge in [0.15, 0.2) is 0 Å². The number of fused-ring (bicyclic) bond motifs is 1. The highest BCUT2D eigenvalue weighted by atomic mass is 14.1. The van der Waals surface area contributed by atoms with Gasteiger partial charge in [0.05, 0.1) is 0 Å². The molecule has 0 N–H and O–H groups in total. The first-order valence-electron chi connectivity index (χ1n) is 4.59. The van der Waals surface area contributed by atoms with Crippen molar-refractivity contribution in [1.82, 2.24) is 0 Å². The quantitative estimate of drug-likeness (QED) is 0.612. The summed E-state index contributed by atoms with van der Waals surface area (Å²) in [6, 6.07) is 12.8. The molecule has 0 spiro atoms. The van der Waals surface area contributed by atoms with E-state index in [9.17, 15) is 0 Å². The van der Waals surface area contributed by atoms with Crippen LogP contribution >= 0.6 is 0 Å². The minimum Gasteiger partial charge on any atom is -0.0616 e. The van der Waals surface area contributed by atoms with E-state index >= 15 is 0 Å². The summed E-state index contributed by atoms with van der Waals surface area (Å²) in [6.07, 6.45) is 0.868. The van der Waals surface area contributed by atoms with Gasteiger partial charge in [-0.3, -0.25) is 0 Å². The molecule has 0 fully saturated rings. The van der Waals surface area contributed by atoms with E-state index in [0.717, 1.165) is 6.42 Å². The summed E-state index contributed by atoms with van der Waals surface area (Å²) in [5.74, 6) is 0. The molecule has 13 heavy (non-hydrogen) atoms. The van der Waals surface area contributed by atoms with Crippen molar-refractivity contribution < 1.29 is 0 Å². The van der Waals surface area contributed by atoms with Crippen LogP contribution in [0.15, 0.2) is 36.4 Å². The zero-order valence-corrected chi connectivity index (χ0v) is 7.88. The standard InChI is InChI=1S/C13H13/c1-3-12-10(2)8-9-11-6-4-5-7-13(11)12/h4-9H,1,3H2,2H3. The summed E-state index contributed by atoms with van der Waals surface area (Å²) in [5, 5.41) is 2.66. The van der Waals surface area contributed by atoms with E-state index in [-0.39, 0.29) is 0 Å². The van der Waals surface area contributed by atoms with Gasteiger partial charge in [0, 0.05) is 0 Å². The van der Waals surface area contributed by atoms with Crippen LogP contribution in [0.25, 0.3) is 10.8 Å². The maximum absolute atomic E-state index is 3.97. The predicted molar refractivity (Wildman–Crippen MR) is 57.7 cm³/mol. The molecule has 0 amide bonds. The van der Waals surface area contributed by atoms with E-state index in [2.05, 4.69) is 50.2 Å². The summed E-state index contributed by atoms with van der Waals surface area (Å²) in [5.41, 5.74) is 2.71. The molecule has 0 unspecified atom stereocenters. The maximum atomic E-state index is 3.97. The van der Waals surface area contributed by atoms with Crippen LogP contribution in [0.1, 0.15) is 11.1 Å². The second-order valence-corrected chi connectivity index (χ2v) is 3.33. The van der Waals surface area contributed by atoms with Gasteiger partial charge in [0.2, 0.25) is 0 Å². The van der Waals surface area contributed by atoms with E-state index in [4.69, 9.17) is 0 Å². The molecule has 0 aliphatic heterocycles. The maximum Gasteiger partial charge on any atom is -0.0149 e.